The van der Waals surface area contributed by atoms with E-state index in [0.717, 1.165) is 28.9 Å². The average molecular weight is 315 g/mol. The van der Waals surface area contributed by atoms with Crippen molar-refractivity contribution in [3.8, 4) is 0 Å². The quantitative estimate of drug-likeness (QED) is 0.926. The normalized spacial score (nSPS) is 10.5. The molecule has 1 aromatic carbocycles. The highest BCUT2D eigenvalue weighted by Crippen LogP contribution is 2.30. The fourth-order valence-corrected chi connectivity index (χ4v) is 2.19. The number of aromatic nitrogens is 2. The Kier molecular flexibility index (Phi) is 4.07. The van der Waals surface area contributed by atoms with Gasteiger partial charge in [-0.15, -0.1) is 0 Å². The number of nitrogens with one attached hydrogen (secondary N) is 1. The zero-order valence-corrected chi connectivity index (χ0v) is 11.8. The molecule has 0 fully saturated rings. The van der Waals surface area contributed by atoms with Crippen molar-refractivity contribution in [1.29, 1.82) is 0 Å². The van der Waals surface area contributed by atoms with E-state index >= 15 is 0 Å². The molecule has 1 aromatic heterocycles. The van der Waals surface area contributed by atoms with E-state index in [1.165, 1.54) is 0 Å². The Morgan fingerprint density at radius 2 is 2.29 bits per heavy atom. The Hall–Kier alpha value is -1.000. The summed E-state index contributed by atoms with van der Waals surface area (Å²) in [5, 5.41) is 4.05. The molecule has 2 aromatic rings. The number of aryl methyl sites for hydroxylation is 1. The van der Waals surface area contributed by atoms with Gasteiger partial charge in [0.05, 0.1) is 33.7 Å². The number of imidazole rings is 1. The van der Waals surface area contributed by atoms with Gasteiger partial charge in [-0.2, -0.15) is 0 Å². The standard InChI is InChI=1S/C12H13BrClN3/c1-2-17-8-15-6-9(17)7-16-11-5-3-4-10(14)12(11)13/h3-6,8,16H,2,7H2,1H3. The Labute approximate surface area is 114 Å². The van der Waals surface area contributed by atoms with Gasteiger partial charge in [-0.05, 0) is 35.0 Å². The minimum atomic E-state index is 0.707. The van der Waals surface area contributed by atoms with Crippen molar-refractivity contribution in [1.82, 2.24) is 9.55 Å². The van der Waals surface area contributed by atoms with Crippen LogP contribution in [0.1, 0.15) is 12.6 Å². The van der Waals surface area contributed by atoms with Crippen molar-refractivity contribution in [3.63, 3.8) is 0 Å². The minimum Gasteiger partial charge on any atom is -0.378 e. The first-order valence-electron chi connectivity index (χ1n) is 5.39. The molecule has 5 heteroatoms. The molecule has 0 unspecified atom stereocenters. The largest absolute Gasteiger partial charge is 0.378 e. The molecule has 17 heavy (non-hydrogen) atoms. The van der Waals surface area contributed by atoms with E-state index in [2.05, 4.69) is 37.7 Å². The fourth-order valence-electron chi connectivity index (χ4n) is 1.61. The van der Waals surface area contributed by atoms with Gasteiger partial charge in [-0.25, -0.2) is 4.98 Å². The molecular formula is C12H13BrClN3. The second-order valence-corrected chi connectivity index (χ2v) is 4.83. The van der Waals surface area contributed by atoms with Gasteiger partial charge in [-0.3, -0.25) is 0 Å². The molecule has 3 nitrogen and oxygen atoms in total. The summed E-state index contributed by atoms with van der Waals surface area (Å²) in [4.78, 5) is 4.13. The highest BCUT2D eigenvalue weighted by molar-refractivity contribution is 9.10. The molecule has 0 spiro atoms. The van der Waals surface area contributed by atoms with Crippen LogP contribution in [0, 0.1) is 0 Å². The topological polar surface area (TPSA) is 29.9 Å². The first-order valence-corrected chi connectivity index (χ1v) is 6.56. The van der Waals surface area contributed by atoms with Crippen molar-refractivity contribution < 1.29 is 0 Å². The molecule has 0 amide bonds. The van der Waals surface area contributed by atoms with Crippen LogP contribution >= 0.6 is 27.5 Å². The van der Waals surface area contributed by atoms with Gasteiger partial charge in [0.1, 0.15) is 0 Å². The Morgan fingerprint density at radius 1 is 1.47 bits per heavy atom. The van der Waals surface area contributed by atoms with Crippen molar-refractivity contribution in [3.05, 3.63) is 45.9 Å². The molecule has 2 rings (SSSR count). The molecule has 0 saturated carbocycles. The summed E-state index contributed by atoms with van der Waals surface area (Å²) in [5.41, 5.74) is 2.14. The summed E-state index contributed by atoms with van der Waals surface area (Å²) in [5.74, 6) is 0. The molecular weight excluding hydrogens is 302 g/mol. The zero-order valence-electron chi connectivity index (χ0n) is 9.45. The number of hydrogen-bond acceptors (Lipinski definition) is 2. The molecule has 0 radical (unpaired) electrons. The Morgan fingerprint density at radius 3 is 3.06 bits per heavy atom. The van der Waals surface area contributed by atoms with Crippen LogP contribution in [0.3, 0.4) is 0 Å². The summed E-state index contributed by atoms with van der Waals surface area (Å²) >= 11 is 9.49. The van der Waals surface area contributed by atoms with Crippen molar-refractivity contribution in [2.75, 3.05) is 5.32 Å². The predicted molar refractivity (Wildman–Crippen MR) is 74.4 cm³/mol. The molecule has 0 atom stereocenters. The van der Waals surface area contributed by atoms with Gasteiger partial charge in [0, 0.05) is 12.7 Å². The molecule has 0 aliphatic rings. The van der Waals surface area contributed by atoms with E-state index in [4.69, 9.17) is 11.6 Å². The van der Waals surface area contributed by atoms with E-state index in [9.17, 15) is 0 Å². The van der Waals surface area contributed by atoms with E-state index in [0.29, 0.717) is 5.02 Å². The third-order valence-electron chi connectivity index (χ3n) is 2.55. The Balaban J connectivity index is 2.10. The maximum absolute atomic E-state index is 6.03. The molecule has 0 aliphatic carbocycles. The lowest BCUT2D eigenvalue weighted by atomic mass is 10.3. The number of hydrogen-bond donors (Lipinski definition) is 1. The lowest BCUT2D eigenvalue weighted by Crippen LogP contribution is -2.06. The number of nitrogens with zero attached hydrogens (tertiary/aromatic N) is 2. The highest BCUT2D eigenvalue weighted by atomic mass is 79.9. The summed E-state index contributed by atoms with van der Waals surface area (Å²) < 4.78 is 3.00. The highest BCUT2D eigenvalue weighted by Gasteiger charge is 2.05. The first-order chi connectivity index (χ1) is 8.22. The number of halogens is 2. The maximum atomic E-state index is 6.03. The monoisotopic (exact) mass is 313 g/mol. The van der Waals surface area contributed by atoms with Gasteiger partial charge < -0.3 is 9.88 Å². The first kappa shape index (κ1) is 12.5. The van der Waals surface area contributed by atoms with Crippen LogP contribution in [-0.2, 0) is 13.1 Å². The van der Waals surface area contributed by atoms with Crippen molar-refractivity contribution in [2.45, 2.75) is 20.0 Å². The van der Waals surface area contributed by atoms with Gasteiger partial charge in [0.2, 0.25) is 0 Å². The van der Waals surface area contributed by atoms with Crippen molar-refractivity contribution >= 4 is 33.2 Å². The maximum Gasteiger partial charge on any atom is 0.0948 e. The van der Waals surface area contributed by atoms with Crippen LogP contribution < -0.4 is 5.32 Å². The summed E-state index contributed by atoms with van der Waals surface area (Å²) in [6.07, 6.45) is 3.71. The third-order valence-corrected chi connectivity index (χ3v) is 3.95. The SMILES string of the molecule is CCn1cncc1CNc1cccc(Cl)c1Br. The third kappa shape index (κ3) is 2.82. The van der Waals surface area contributed by atoms with Gasteiger partial charge >= 0.3 is 0 Å². The number of rotatable bonds is 4. The van der Waals surface area contributed by atoms with E-state index in [-0.39, 0.29) is 0 Å². The molecule has 1 N–H and O–H groups in total. The number of anilines is 1. The van der Waals surface area contributed by atoms with Gasteiger partial charge in [-0.1, -0.05) is 17.7 Å². The van der Waals surface area contributed by atoms with Gasteiger partial charge in [0.15, 0.2) is 0 Å². The van der Waals surface area contributed by atoms with E-state index in [1.54, 1.807) is 0 Å². The molecule has 1 heterocycles. The van der Waals surface area contributed by atoms with Crippen LogP contribution in [0.15, 0.2) is 35.2 Å². The van der Waals surface area contributed by atoms with E-state index in [1.807, 2.05) is 30.7 Å². The van der Waals surface area contributed by atoms with Crippen LogP contribution in [0.4, 0.5) is 5.69 Å². The summed E-state index contributed by atoms with van der Waals surface area (Å²) in [7, 11) is 0. The average Bonchev–Trinajstić information content (AvgIpc) is 2.78. The second kappa shape index (κ2) is 5.56. The minimum absolute atomic E-state index is 0.707. The summed E-state index contributed by atoms with van der Waals surface area (Å²) in [6, 6.07) is 5.77. The zero-order chi connectivity index (χ0) is 12.3. The molecule has 0 saturated heterocycles. The summed E-state index contributed by atoms with van der Waals surface area (Å²) in [6.45, 7) is 3.75. The predicted octanol–water partition coefficient (Wildman–Crippen LogP) is 3.93. The lowest BCUT2D eigenvalue weighted by Gasteiger charge is -2.10. The van der Waals surface area contributed by atoms with E-state index < -0.39 is 0 Å². The fraction of sp³-hybridized carbons (Fsp3) is 0.250. The molecule has 0 bridgehead atoms. The Bertz CT molecular complexity index is 510. The van der Waals surface area contributed by atoms with Gasteiger partial charge in [0.25, 0.3) is 0 Å². The molecule has 0 aliphatic heterocycles. The van der Waals surface area contributed by atoms with Crippen LogP contribution in [0.5, 0.6) is 0 Å². The van der Waals surface area contributed by atoms with Crippen LogP contribution in [-0.4, -0.2) is 9.55 Å². The lowest BCUT2D eigenvalue weighted by molar-refractivity contribution is 0.719. The second-order valence-electron chi connectivity index (χ2n) is 3.63. The van der Waals surface area contributed by atoms with Crippen LogP contribution in [0.25, 0.3) is 0 Å². The number of benzene rings is 1. The van der Waals surface area contributed by atoms with Crippen LogP contribution in [0.2, 0.25) is 5.02 Å². The smallest absolute Gasteiger partial charge is 0.0948 e. The van der Waals surface area contributed by atoms with Crippen molar-refractivity contribution in [2.24, 2.45) is 0 Å². The molecule has 90 valence electrons.